The van der Waals surface area contributed by atoms with Crippen LogP contribution in [-0.2, 0) is 15.8 Å². The molecule has 0 aromatic heterocycles. The normalized spacial score (nSPS) is 11.3. The van der Waals surface area contributed by atoms with Gasteiger partial charge in [-0.3, -0.25) is 9.59 Å². The number of anilines is 2. The molecule has 35 heavy (non-hydrogen) atoms. The van der Waals surface area contributed by atoms with Crippen molar-refractivity contribution >= 4 is 29.3 Å². The lowest BCUT2D eigenvalue weighted by Crippen LogP contribution is -2.20. The molecular formula is C26H20F3N3O3. The van der Waals surface area contributed by atoms with Crippen LogP contribution in [0.15, 0.2) is 78.4 Å². The number of carbonyl (C=O) groups excluding carboxylic acids is 2. The second-order valence-corrected chi connectivity index (χ2v) is 7.43. The van der Waals surface area contributed by atoms with E-state index in [1.165, 1.54) is 18.2 Å². The van der Waals surface area contributed by atoms with Gasteiger partial charge in [0.25, 0.3) is 11.8 Å². The monoisotopic (exact) mass is 479 g/mol. The van der Waals surface area contributed by atoms with Crippen LogP contribution >= 0.6 is 0 Å². The average Bonchev–Trinajstić information content (AvgIpc) is 2.82. The molecule has 0 heterocycles. The number of nitrogens with zero attached hydrogens (tertiary/aromatic N) is 1. The van der Waals surface area contributed by atoms with Gasteiger partial charge in [0.15, 0.2) is 6.61 Å². The zero-order chi connectivity index (χ0) is 25.4. The fourth-order valence-electron chi connectivity index (χ4n) is 3.03. The predicted octanol–water partition coefficient (Wildman–Crippen LogP) is 5.58. The fraction of sp³-hybridized carbons (Fsp3) is 0.115. The molecule has 0 atom stereocenters. The topological polar surface area (TPSA) is 91.2 Å². The summed E-state index contributed by atoms with van der Waals surface area (Å²) in [5.74, 6) is -0.900. The van der Waals surface area contributed by atoms with E-state index >= 15 is 0 Å². The molecule has 0 saturated heterocycles. The van der Waals surface area contributed by atoms with Crippen molar-refractivity contribution in [3.63, 3.8) is 0 Å². The Labute approximate surface area is 199 Å². The third-order valence-corrected chi connectivity index (χ3v) is 4.77. The Morgan fingerprint density at radius 3 is 2.46 bits per heavy atom. The largest absolute Gasteiger partial charge is 0.484 e. The van der Waals surface area contributed by atoms with Gasteiger partial charge in [0.1, 0.15) is 17.4 Å². The van der Waals surface area contributed by atoms with Crippen LogP contribution in [0.25, 0.3) is 6.08 Å². The van der Waals surface area contributed by atoms with Crippen molar-refractivity contribution in [2.24, 2.45) is 0 Å². The van der Waals surface area contributed by atoms with E-state index in [1.54, 1.807) is 36.4 Å². The van der Waals surface area contributed by atoms with Gasteiger partial charge in [-0.05, 0) is 60.5 Å². The fourth-order valence-corrected chi connectivity index (χ4v) is 3.03. The van der Waals surface area contributed by atoms with Crippen LogP contribution < -0.4 is 15.4 Å². The van der Waals surface area contributed by atoms with Gasteiger partial charge in [-0.2, -0.15) is 18.4 Å². The summed E-state index contributed by atoms with van der Waals surface area (Å²) in [6.07, 6.45) is -3.30. The molecule has 0 aliphatic rings. The summed E-state index contributed by atoms with van der Waals surface area (Å²) in [6, 6.07) is 19.5. The molecule has 0 bridgehead atoms. The SMILES string of the molecule is Cc1ccccc1NC(=O)COc1cccc(/C=C(\C#N)C(=O)Nc2cccc(C(F)(F)F)c2)c1. The highest BCUT2D eigenvalue weighted by atomic mass is 19.4. The lowest BCUT2D eigenvalue weighted by atomic mass is 10.1. The molecule has 3 rings (SSSR count). The number of hydrogen-bond donors (Lipinski definition) is 2. The zero-order valence-electron chi connectivity index (χ0n) is 18.5. The van der Waals surface area contributed by atoms with E-state index in [4.69, 9.17) is 4.74 Å². The summed E-state index contributed by atoms with van der Waals surface area (Å²) in [5, 5.41) is 14.4. The number of rotatable bonds is 7. The average molecular weight is 479 g/mol. The molecule has 178 valence electrons. The minimum absolute atomic E-state index is 0.0947. The number of carbonyl (C=O) groups is 2. The predicted molar refractivity (Wildman–Crippen MR) is 125 cm³/mol. The van der Waals surface area contributed by atoms with Gasteiger partial charge in [-0.25, -0.2) is 0 Å². The Kier molecular flexibility index (Phi) is 7.89. The van der Waals surface area contributed by atoms with Crippen molar-refractivity contribution in [2.45, 2.75) is 13.1 Å². The maximum atomic E-state index is 12.9. The van der Waals surface area contributed by atoms with Gasteiger partial charge in [-0.1, -0.05) is 36.4 Å². The number of benzene rings is 3. The van der Waals surface area contributed by atoms with Gasteiger partial charge in [0.05, 0.1) is 5.56 Å². The van der Waals surface area contributed by atoms with Crippen LogP contribution in [0, 0.1) is 18.3 Å². The number of nitriles is 1. The molecule has 6 nitrogen and oxygen atoms in total. The molecular weight excluding hydrogens is 459 g/mol. The highest BCUT2D eigenvalue weighted by Crippen LogP contribution is 2.30. The van der Waals surface area contributed by atoms with Crippen molar-refractivity contribution in [1.82, 2.24) is 0 Å². The first-order valence-electron chi connectivity index (χ1n) is 10.3. The molecule has 0 fully saturated rings. The number of aryl methyl sites for hydroxylation is 1. The van der Waals surface area contributed by atoms with Gasteiger partial charge >= 0.3 is 6.18 Å². The Hall–Kier alpha value is -4.58. The number of hydrogen-bond acceptors (Lipinski definition) is 4. The first-order chi connectivity index (χ1) is 16.7. The molecule has 0 spiro atoms. The van der Waals surface area contributed by atoms with Crippen LogP contribution in [-0.4, -0.2) is 18.4 Å². The molecule has 3 aromatic carbocycles. The first kappa shape index (κ1) is 25.1. The molecule has 0 aliphatic carbocycles. The highest BCUT2D eigenvalue weighted by molar-refractivity contribution is 6.09. The standard InChI is InChI=1S/C26H20F3N3O3/c1-17-6-2-3-11-23(17)32-24(33)16-35-22-10-4-7-18(13-22)12-19(15-30)25(34)31-21-9-5-8-20(14-21)26(27,28)29/h2-14H,16H2,1H3,(H,31,34)(H,32,33)/b19-12+. The second-order valence-electron chi connectivity index (χ2n) is 7.43. The molecule has 3 aromatic rings. The Morgan fingerprint density at radius 1 is 1.00 bits per heavy atom. The summed E-state index contributed by atoms with van der Waals surface area (Å²) in [7, 11) is 0. The summed E-state index contributed by atoms with van der Waals surface area (Å²) in [5.41, 5.74) is 0.662. The lowest BCUT2D eigenvalue weighted by Gasteiger charge is -2.10. The highest BCUT2D eigenvalue weighted by Gasteiger charge is 2.30. The number of para-hydroxylation sites is 1. The molecule has 0 radical (unpaired) electrons. The molecule has 0 aliphatic heterocycles. The van der Waals surface area contributed by atoms with E-state index in [0.717, 1.165) is 23.8 Å². The number of nitrogens with one attached hydrogen (secondary N) is 2. The quantitative estimate of drug-likeness (QED) is 0.342. The maximum Gasteiger partial charge on any atom is 0.416 e. The van der Waals surface area contributed by atoms with E-state index in [1.807, 2.05) is 19.1 Å². The Morgan fingerprint density at radius 2 is 1.74 bits per heavy atom. The van der Waals surface area contributed by atoms with Crippen LogP contribution in [0.2, 0.25) is 0 Å². The molecule has 2 amide bonds. The van der Waals surface area contributed by atoms with Gasteiger partial charge in [0, 0.05) is 11.4 Å². The number of halogens is 3. The van der Waals surface area contributed by atoms with E-state index in [2.05, 4.69) is 10.6 Å². The van der Waals surface area contributed by atoms with E-state index in [0.29, 0.717) is 17.0 Å². The Balaban J connectivity index is 1.66. The van der Waals surface area contributed by atoms with E-state index < -0.39 is 17.6 Å². The molecule has 0 saturated carbocycles. The third kappa shape index (κ3) is 7.20. The summed E-state index contributed by atoms with van der Waals surface area (Å²) in [6.45, 7) is 1.60. The van der Waals surface area contributed by atoms with Crippen molar-refractivity contribution < 1.29 is 27.5 Å². The van der Waals surface area contributed by atoms with Crippen LogP contribution in [0.5, 0.6) is 5.75 Å². The number of amides is 2. The van der Waals surface area contributed by atoms with E-state index in [9.17, 15) is 28.0 Å². The van der Waals surface area contributed by atoms with Gasteiger partial charge in [0.2, 0.25) is 0 Å². The van der Waals surface area contributed by atoms with Crippen LogP contribution in [0.3, 0.4) is 0 Å². The zero-order valence-corrected chi connectivity index (χ0v) is 18.5. The number of ether oxygens (including phenoxy) is 1. The Bertz CT molecular complexity index is 1310. The van der Waals surface area contributed by atoms with Crippen molar-refractivity contribution in [3.05, 3.63) is 95.1 Å². The van der Waals surface area contributed by atoms with Gasteiger partial charge < -0.3 is 15.4 Å². The third-order valence-electron chi connectivity index (χ3n) is 4.77. The van der Waals surface area contributed by atoms with Crippen molar-refractivity contribution in [2.75, 3.05) is 17.2 Å². The lowest BCUT2D eigenvalue weighted by molar-refractivity contribution is -0.137. The maximum absolute atomic E-state index is 12.9. The minimum Gasteiger partial charge on any atom is -0.484 e. The first-order valence-corrected chi connectivity index (χ1v) is 10.3. The summed E-state index contributed by atoms with van der Waals surface area (Å²) in [4.78, 5) is 24.6. The van der Waals surface area contributed by atoms with Crippen LogP contribution in [0.4, 0.5) is 24.5 Å². The summed E-state index contributed by atoms with van der Waals surface area (Å²) < 4.78 is 44.2. The van der Waals surface area contributed by atoms with E-state index in [-0.39, 0.29) is 23.8 Å². The van der Waals surface area contributed by atoms with Crippen molar-refractivity contribution in [3.8, 4) is 11.8 Å². The summed E-state index contributed by atoms with van der Waals surface area (Å²) >= 11 is 0. The smallest absolute Gasteiger partial charge is 0.416 e. The second kappa shape index (κ2) is 11.0. The van der Waals surface area contributed by atoms with Gasteiger partial charge in [-0.15, -0.1) is 0 Å². The van der Waals surface area contributed by atoms with Crippen molar-refractivity contribution in [1.29, 1.82) is 5.26 Å². The molecule has 9 heteroatoms. The molecule has 0 unspecified atom stereocenters. The van der Waals surface area contributed by atoms with Crippen LogP contribution in [0.1, 0.15) is 16.7 Å². The minimum atomic E-state index is -4.56. The molecule has 2 N–H and O–H groups in total. The number of alkyl halides is 3.